The van der Waals surface area contributed by atoms with Crippen LogP contribution in [0.25, 0.3) is 0 Å². The van der Waals surface area contributed by atoms with Gasteiger partial charge in [-0.3, -0.25) is 4.79 Å². The van der Waals surface area contributed by atoms with Crippen LogP contribution in [0.1, 0.15) is 11.3 Å². The number of carboxylic acids is 1. The molecule has 1 aromatic carbocycles. The molecule has 0 aliphatic heterocycles. The first kappa shape index (κ1) is 14.1. The molecular formula is C13H13F2N3O2. The monoisotopic (exact) mass is 281 g/mol. The summed E-state index contributed by atoms with van der Waals surface area (Å²) >= 11 is 0. The van der Waals surface area contributed by atoms with Gasteiger partial charge >= 0.3 is 5.97 Å². The smallest absolute Gasteiger partial charge is 0.320 e. The zero-order chi connectivity index (χ0) is 14.7. The molecule has 5 nitrogen and oxygen atoms in total. The molecular weight excluding hydrogens is 268 g/mol. The topological polar surface area (TPSA) is 81.1 Å². The zero-order valence-corrected chi connectivity index (χ0v) is 10.5. The Hall–Kier alpha value is -2.28. The first-order valence-electron chi connectivity index (χ1n) is 5.88. The number of nitrogens with zero attached hydrogens (tertiary/aromatic N) is 2. The van der Waals surface area contributed by atoms with Gasteiger partial charge in [-0.15, -0.1) is 0 Å². The van der Waals surface area contributed by atoms with Gasteiger partial charge in [-0.2, -0.15) is 0 Å². The fourth-order valence-electron chi connectivity index (χ4n) is 1.87. The summed E-state index contributed by atoms with van der Waals surface area (Å²) in [7, 11) is 0. The van der Waals surface area contributed by atoms with Gasteiger partial charge in [0.05, 0.1) is 6.33 Å². The second-order valence-electron chi connectivity index (χ2n) is 4.44. The molecule has 3 N–H and O–H groups in total. The van der Waals surface area contributed by atoms with E-state index in [0.29, 0.717) is 11.3 Å². The SMILES string of the molecule is NC(Cc1cncn1Cc1cc(F)cc(F)c1)C(=O)O. The number of rotatable bonds is 5. The van der Waals surface area contributed by atoms with Gasteiger partial charge in [-0.1, -0.05) is 0 Å². The Bertz CT molecular complexity index is 608. The molecule has 2 aromatic rings. The maximum absolute atomic E-state index is 13.1. The van der Waals surface area contributed by atoms with Gasteiger partial charge in [-0.05, 0) is 17.7 Å². The third kappa shape index (κ3) is 3.39. The van der Waals surface area contributed by atoms with E-state index in [1.165, 1.54) is 24.7 Å². The predicted molar refractivity (Wildman–Crippen MR) is 67.0 cm³/mol. The Kier molecular flexibility index (Phi) is 4.09. The molecule has 0 radical (unpaired) electrons. The molecule has 0 fully saturated rings. The minimum Gasteiger partial charge on any atom is -0.480 e. The van der Waals surface area contributed by atoms with Gasteiger partial charge in [0, 0.05) is 30.9 Å². The van der Waals surface area contributed by atoms with Crippen molar-refractivity contribution in [1.82, 2.24) is 9.55 Å². The lowest BCUT2D eigenvalue weighted by Crippen LogP contribution is -2.33. The number of carbonyl (C=O) groups is 1. The summed E-state index contributed by atoms with van der Waals surface area (Å²) in [6, 6.07) is 2.17. The summed E-state index contributed by atoms with van der Waals surface area (Å²) in [5.41, 5.74) is 6.47. The highest BCUT2D eigenvalue weighted by molar-refractivity contribution is 5.73. The molecule has 20 heavy (non-hydrogen) atoms. The van der Waals surface area contributed by atoms with Crippen molar-refractivity contribution in [2.45, 2.75) is 19.0 Å². The lowest BCUT2D eigenvalue weighted by molar-refractivity contribution is -0.138. The Morgan fingerprint density at radius 1 is 1.35 bits per heavy atom. The molecule has 0 aliphatic carbocycles. The van der Waals surface area contributed by atoms with Crippen molar-refractivity contribution in [3.05, 3.63) is 53.6 Å². The molecule has 0 saturated carbocycles. The fourth-order valence-corrected chi connectivity index (χ4v) is 1.87. The summed E-state index contributed by atoms with van der Waals surface area (Å²) in [6.07, 6.45) is 3.04. The molecule has 2 rings (SSSR count). The lowest BCUT2D eigenvalue weighted by atomic mass is 10.1. The van der Waals surface area contributed by atoms with Crippen molar-refractivity contribution in [3.63, 3.8) is 0 Å². The fraction of sp³-hybridized carbons (Fsp3) is 0.231. The number of hydrogen-bond donors (Lipinski definition) is 2. The van der Waals surface area contributed by atoms with Crippen molar-refractivity contribution in [2.24, 2.45) is 5.73 Å². The van der Waals surface area contributed by atoms with Crippen molar-refractivity contribution in [3.8, 4) is 0 Å². The van der Waals surface area contributed by atoms with Crippen molar-refractivity contribution in [1.29, 1.82) is 0 Å². The van der Waals surface area contributed by atoms with E-state index in [4.69, 9.17) is 10.8 Å². The normalized spacial score (nSPS) is 12.3. The van der Waals surface area contributed by atoms with Crippen LogP contribution in [-0.2, 0) is 17.8 Å². The number of imidazole rings is 1. The highest BCUT2D eigenvalue weighted by atomic mass is 19.1. The molecule has 1 unspecified atom stereocenters. The van der Waals surface area contributed by atoms with Gasteiger partial charge in [0.15, 0.2) is 0 Å². The van der Waals surface area contributed by atoms with E-state index in [0.717, 1.165) is 6.07 Å². The largest absolute Gasteiger partial charge is 0.480 e. The third-order valence-corrected chi connectivity index (χ3v) is 2.82. The zero-order valence-electron chi connectivity index (χ0n) is 10.5. The predicted octanol–water partition coefficient (Wildman–Crippen LogP) is 1.16. The van der Waals surface area contributed by atoms with Crippen LogP contribution in [0.2, 0.25) is 0 Å². The maximum atomic E-state index is 13.1. The van der Waals surface area contributed by atoms with Crippen LogP contribution in [0.15, 0.2) is 30.7 Å². The first-order valence-corrected chi connectivity index (χ1v) is 5.88. The first-order chi connectivity index (χ1) is 9.45. The van der Waals surface area contributed by atoms with E-state index in [2.05, 4.69) is 4.98 Å². The summed E-state index contributed by atoms with van der Waals surface area (Å²) < 4.78 is 27.8. The van der Waals surface area contributed by atoms with Crippen LogP contribution >= 0.6 is 0 Å². The van der Waals surface area contributed by atoms with Gasteiger partial charge < -0.3 is 15.4 Å². The number of hydrogen-bond acceptors (Lipinski definition) is 3. The van der Waals surface area contributed by atoms with Gasteiger partial charge in [0.1, 0.15) is 17.7 Å². The van der Waals surface area contributed by atoms with E-state index >= 15 is 0 Å². The Morgan fingerprint density at radius 3 is 2.60 bits per heavy atom. The molecule has 0 amide bonds. The number of aromatic nitrogens is 2. The van der Waals surface area contributed by atoms with Crippen molar-refractivity contribution in [2.75, 3.05) is 0 Å². The van der Waals surface area contributed by atoms with Crippen LogP contribution < -0.4 is 5.73 Å². The lowest BCUT2D eigenvalue weighted by Gasteiger charge is -2.10. The van der Waals surface area contributed by atoms with Gasteiger partial charge in [0.2, 0.25) is 0 Å². The maximum Gasteiger partial charge on any atom is 0.320 e. The number of benzene rings is 1. The van der Waals surface area contributed by atoms with Gasteiger partial charge in [-0.25, -0.2) is 13.8 Å². The summed E-state index contributed by atoms with van der Waals surface area (Å²) in [4.78, 5) is 14.6. The van der Waals surface area contributed by atoms with Gasteiger partial charge in [0.25, 0.3) is 0 Å². The number of halogens is 2. The Morgan fingerprint density at radius 2 is 2.00 bits per heavy atom. The van der Waals surface area contributed by atoms with Crippen LogP contribution in [0.5, 0.6) is 0 Å². The number of aliphatic carboxylic acids is 1. The van der Waals surface area contributed by atoms with Crippen molar-refractivity contribution < 1.29 is 18.7 Å². The second-order valence-corrected chi connectivity index (χ2v) is 4.44. The molecule has 0 saturated heterocycles. The average Bonchev–Trinajstić information content (AvgIpc) is 2.75. The standard InChI is InChI=1S/C13H13F2N3O2/c14-9-1-8(2-10(15)3-9)6-18-7-17-5-11(18)4-12(16)13(19)20/h1-3,5,7,12H,4,6,16H2,(H,19,20). The highest BCUT2D eigenvalue weighted by Crippen LogP contribution is 2.12. The molecule has 106 valence electrons. The third-order valence-electron chi connectivity index (χ3n) is 2.82. The average molecular weight is 281 g/mol. The molecule has 0 spiro atoms. The van der Waals surface area contributed by atoms with Crippen LogP contribution in [-0.4, -0.2) is 26.7 Å². The summed E-state index contributed by atoms with van der Waals surface area (Å²) in [5.74, 6) is -2.44. The van der Waals surface area contributed by atoms with Crippen LogP contribution in [0.4, 0.5) is 8.78 Å². The minimum absolute atomic E-state index is 0.0904. The van der Waals surface area contributed by atoms with Crippen molar-refractivity contribution >= 4 is 5.97 Å². The van der Waals surface area contributed by atoms with E-state index in [1.54, 1.807) is 4.57 Å². The molecule has 0 aliphatic rings. The Labute approximate surface area is 113 Å². The molecule has 1 aromatic heterocycles. The summed E-state index contributed by atoms with van der Waals surface area (Å²) in [6.45, 7) is 0.191. The Balaban J connectivity index is 2.18. The van der Waals surface area contributed by atoms with E-state index in [9.17, 15) is 13.6 Å². The quantitative estimate of drug-likeness (QED) is 0.862. The molecule has 0 bridgehead atoms. The van der Waals surface area contributed by atoms with Crippen LogP contribution in [0.3, 0.4) is 0 Å². The molecule has 1 heterocycles. The molecule has 1 atom stereocenters. The van der Waals surface area contributed by atoms with E-state index < -0.39 is 23.6 Å². The molecule has 7 heteroatoms. The highest BCUT2D eigenvalue weighted by Gasteiger charge is 2.15. The van der Waals surface area contributed by atoms with E-state index in [-0.39, 0.29) is 13.0 Å². The van der Waals surface area contributed by atoms with E-state index in [1.807, 2.05) is 0 Å². The number of carboxylic acid groups (broad SMARTS) is 1. The second kappa shape index (κ2) is 5.79. The number of nitrogens with two attached hydrogens (primary N) is 1. The minimum atomic E-state index is -1.12. The summed E-state index contributed by atoms with van der Waals surface area (Å²) in [5, 5.41) is 8.78. The van der Waals surface area contributed by atoms with Crippen LogP contribution in [0, 0.1) is 11.6 Å².